The van der Waals surface area contributed by atoms with Crippen LogP contribution in [0.3, 0.4) is 0 Å². The molecule has 1 aromatic rings. The van der Waals surface area contributed by atoms with Gasteiger partial charge in [0, 0.05) is 18.9 Å². The average molecular weight is 222 g/mol. The molecule has 0 saturated carbocycles. The van der Waals surface area contributed by atoms with E-state index in [4.69, 9.17) is 15.2 Å². The monoisotopic (exact) mass is 222 g/mol. The van der Waals surface area contributed by atoms with Gasteiger partial charge in [0.05, 0.1) is 11.7 Å². The molecule has 1 amide bonds. The van der Waals surface area contributed by atoms with Gasteiger partial charge in [-0.05, 0) is 18.9 Å². The number of rotatable bonds is 4. The van der Waals surface area contributed by atoms with Crippen molar-refractivity contribution >= 4 is 5.91 Å². The highest BCUT2D eigenvalue weighted by Gasteiger charge is 2.16. The van der Waals surface area contributed by atoms with Gasteiger partial charge in [-0.1, -0.05) is 0 Å². The Balaban J connectivity index is 1.87. The van der Waals surface area contributed by atoms with Crippen molar-refractivity contribution in [2.75, 3.05) is 13.2 Å². The minimum Gasteiger partial charge on any atom is -0.475 e. The van der Waals surface area contributed by atoms with Crippen molar-refractivity contribution < 1.29 is 14.3 Å². The quantitative estimate of drug-likeness (QED) is 0.815. The van der Waals surface area contributed by atoms with Crippen LogP contribution in [-0.4, -0.2) is 30.2 Å². The van der Waals surface area contributed by atoms with Crippen LogP contribution in [0.5, 0.6) is 5.88 Å². The summed E-state index contributed by atoms with van der Waals surface area (Å²) < 4.78 is 10.8. The first-order chi connectivity index (χ1) is 7.75. The summed E-state index contributed by atoms with van der Waals surface area (Å²) in [4.78, 5) is 14.8. The van der Waals surface area contributed by atoms with Crippen LogP contribution in [0.25, 0.3) is 0 Å². The lowest BCUT2D eigenvalue weighted by atomic mass is 10.2. The molecule has 1 aromatic heterocycles. The normalized spacial score (nSPS) is 19.6. The third-order valence-electron chi connectivity index (χ3n) is 2.46. The van der Waals surface area contributed by atoms with E-state index in [9.17, 15) is 4.79 Å². The Labute approximate surface area is 93.6 Å². The first-order valence-electron chi connectivity index (χ1n) is 5.26. The Bertz CT molecular complexity index is 358. The molecule has 86 valence electrons. The zero-order valence-electron chi connectivity index (χ0n) is 8.89. The molecule has 2 rings (SSSR count). The van der Waals surface area contributed by atoms with Gasteiger partial charge in [-0.25, -0.2) is 4.98 Å². The number of nitrogens with two attached hydrogens (primary N) is 1. The molecule has 1 saturated heterocycles. The first-order valence-corrected chi connectivity index (χ1v) is 5.26. The third kappa shape index (κ3) is 2.70. The second-order valence-electron chi connectivity index (χ2n) is 3.70. The Hall–Kier alpha value is -1.62. The van der Waals surface area contributed by atoms with Crippen LogP contribution in [0.1, 0.15) is 23.2 Å². The van der Waals surface area contributed by atoms with Crippen molar-refractivity contribution in [2.45, 2.75) is 18.9 Å². The van der Waals surface area contributed by atoms with Crippen LogP contribution in [0.2, 0.25) is 0 Å². The van der Waals surface area contributed by atoms with E-state index < -0.39 is 5.91 Å². The summed E-state index contributed by atoms with van der Waals surface area (Å²) in [6, 6.07) is 3.23. The highest BCUT2D eigenvalue weighted by atomic mass is 16.5. The molecule has 1 atom stereocenters. The van der Waals surface area contributed by atoms with Gasteiger partial charge in [0.25, 0.3) is 0 Å². The van der Waals surface area contributed by atoms with E-state index >= 15 is 0 Å². The van der Waals surface area contributed by atoms with Crippen molar-refractivity contribution in [2.24, 2.45) is 5.73 Å². The summed E-state index contributed by atoms with van der Waals surface area (Å²) in [7, 11) is 0. The van der Waals surface area contributed by atoms with E-state index in [1.807, 2.05) is 0 Å². The maximum atomic E-state index is 10.8. The number of pyridine rings is 1. The number of hydrogen-bond acceptors (Lipinski definition) is 4. The molecular weight excluding hydrogens is 208 g/mol. The standard InChI is InChI=1S/C11H14N2O3/c12-11(14)8-3-4-10(13-6-8)16-7-9-2-1-5-15-9/h3-4,6,9H,1-2,5,7H2,(H2,12,14)/t9-/m1/s1. The molecule has 0 radical (unpaired) electrons. The lowest BCUT2D eigenvalue weighted by molar-refractivity contribution is 0.0663. The second-order valence-corrected chi connectivity index (χ2v) is 3.70. The van der Waals surface area contributed by atoms with Crippen LogP contribution in [0, 0.1) is 0 Å². The van der Waals surface area contributed by atoms with Crippen LogP contribution in [0.4, 0.5) is 0 Å². The van der Waals surface area contributed by atoms with Crippen LogP contribution in [-0.2, 0) is 4.74 Å². The molecule has 0 unspecified atom stereocenters. The van der Waals surface area contributed by atoms with Gasteiger partial charge in [-0.2, -0.15) is 0 Å². The first kappa shape index (κ1) is 10.9. The van der Waals surface area contributed by atoms with Gasteiger partial charge >= 0.3 is 0 Å². The molecule has 1 aliphatic heterocycles. The summed E-state index contributed by atoms with van der Waals surface area (Å²) in [5.74, 6) is -0.00123. The summed E-state index contributed by atoms with van der Waals surface area (Å²) in [5.41, 5.74) is 5.48. The van der Waals surface area contributed by atoms with Gasteiger partial charge in [0.1, 0.15) is 6.61 Å². The number of nitrogens with zero attached hydrogens (tertiary/aromatic N) is 1. The number of carbonyl (C=O) groups excluding carboxylic acids is 1. The molecule has 2 N–H and O–H groups in total. The third-order valence-corrected chi connectivity index (χ3v) is 2.46. The summed E-state index contributed by atoms with van der Waals surface area (Å²) in [5, 5.41) is 0. The predicted molar refractivity (Wildman–Crippen MR) is 57.2 cm³/mol. The van der Waals surface area contributed by atoms with Crippen molar-refractivity contribution in [1.29, 1.82) is 0 Å². The molecule has 5 heteroatoms. The molecular formula is C11H14N2O3. The minimum absolute atomic E-state index is 0.164. The van der Waals surface area contributed by atoms with E-state index in [0.717, 1.165) is 19.4 Å². The van der Waals surface area contributed by atoms with Gasteiger partial charge < -0.3 is 15.2 Å². The van der Waals surface area contributed by atoms with Crippen LogP contribution < -0.4 is 10.5 Å². The fraction of sp³-hybridized carbons (Fsp3) is 0.455. The van der Waals surface area contributed by atoms with Gasteiger partial charge in [-0.3, -0.25) is 4.79 Å². The Morgan fingerprint density at radius 2 is 2.50 bits per heavy atom. The van der Waals surface area contributed by atoms with Crippen molar-refractivity contribution in [1.82, 2.24) is 4.98 Å². The topological polar surface area (TPSA) is 74.4 Å². The fourth-order valence-corrected chi connectivity index (χ4v) is 1.57. The smallest absolute Gasteiger partial charge is 0.250 e. The number of amides is 1. The summed E-state index contributed by atoms with van der Waals surface area (Å²) >= 11 is 0. The van der Waals surface area contributed by atoms with E-state index in [1.165, 1.54) is 6.20 Å². The molecule has 0 aromatic carbocycles. The largest absolute Gasteiger partial charge is 0.475 e. The predicted octanol–water partition coefficient (Wildman–Crippen LogP) is 0.738. The van der Waals surface area contributed by atoms with E-state index in [0.29, 0.717) is 18.1 Å². The van der Waals surface area contributed by atoms with Crippen LogP contribution >= 0.6 is 0 Å². The fourth-order valence-electron chi connectivity index (χ4n) is 1.57. The van der Waals surface area contributed by atoms with E-state index in [1.54, 1.807) is 12.1 Å². The summed E-state index contributed by atoms with van der Waals surface area (Å²) in [6.45, 7) is 1.31. The SMILES string of the molecule is NC(=O)c1ccc(OC[C@H]2CCCO2)nc1. The maximum Gasteiger partial charge on any atom is 0.250 e. The highest BCUT2D eigenvalue weighted by Crippen LogP contribution is 2.14. The minimum atomic E-state index is -0.488. The maximum absolute atomic E-state index is 10.8. The average Bonchev–Trinajstić information content (AvgIpc) is 2.80. The molecule has 0 bridgehead atoms. The Kier molecular flexibility index (Phi) is 3.36. The molecule has 0 spiro atoms. The van der Waals surface area contributed by atoms with Crippen molar-refractivity contribution in [3.8, 4) is 5.88 Å². The van der Waals surface area contributed by atoms with Gasteiger partial charge in [0.2, 0.25) is 11.8 Å². The van der Waals surface area contributed by atoms with E-state index in [-0.39, 0.29) is 6.10 Å². The number of primary amides is 1. The zero-order valence-corrected chi connectivity index (χ0v) is 8.89. The molecule has 1 fully saturated rings. The molecule has 2 heterocycles. The second kappa shape index (κ2) is 4.94. The number of ether oxygens (including phenoxy) is 2. The number of aromatic nitrogens is 1. The zero-order chi connectivity index (χ0) is 11.4. The number of hydrogen-bond donors (Lipinski definition) is 1. The molecule has 1 aliphatic rings. The van der Waals surface area contributed by atoms with Crippen LogP contribution in [0.15, 0.2) is 18.3 Å². The lowest BCUT2D eigenvalue weighted by Crippen LogP contribution is -2.17. The Morgan fingerprint density at radius 1 is 1.62 bits per heavy atom. The van der Waals surface area contributed by atoms with Gasteiger partial charge in [-0.15, -0.1) is 0 Å². The molecule has 16 heavy (non-hydrogen) atoms. The van der Waals surface area contributed by atoms with Crippen molar-refractivity contribution in [3.63, 3.8) is 0 Å². The molecule has 5 nitrogen and oxygen atoms in total. The lowest BCUT2D eigenvalue weighted by Gasteiger charge is -2.10. The Morgan fingerprint density at radius 3 is 3.06 bits per heavy atom. The molecule has 0 aliphatic carbocycles. The van der Waals surface area contributed by atoms with Gasteiger partial charge in [0.15, 0.2) is 0 Å². The van der Waals surface area contributed by atoms with Crippen molar-refractivity contribution in [3.05, 3.63) is 23.9 Å². The summed E-state index contributed by atoms with van der Waals surface area (Å²) in [6.07, 6.45) is 3.69. The highest BCUT2D eigenvalue weighted by molar-refractivity contribution is 5.92. The number of carbonyl (C=O) groups is 1. The van der Waals surface area contributed by atoms with E-state index in [2.05, 4.69) is 4.98 Å².